The van der Waals surface area contributed by atoms with Crippen LogP contribution < -0.4 is 10.6 Å². The van der Waals surface area contributed by atoms with E-state index in [0.29, 0.717) is 13.1 Å². The summed E-state index contributed by atoms with van der Waals surface area (Å²) in [4.78, 5) is 26.8. The van der Waals surface area contributed by atoms with E-state index in [-0.39, 0.29) is 36.9 Å². The SMILES string of the molecule is Cl.O=C1CNC(=O)N1CCN1CCNCC1c1ccccc1Cl. The molecule has 1 aromatic carbocycles. The molecule has 2 N–H and O–H groups in total. The third-order valence-corrected chi connectivity index (χ3v) is 4.51. The van der Waals surface area contributed by atoms with Gasteiger partial charge in [-0.1, -0.05) is 29.8 Å². The van der Waals surface area contributed by atoms with Crippen molar-refractivity contribution in [1.29, 1.82) is 0 Å². The molecule has 0 saturated carbocycles. The van der Waals surface area contributed by atoms with Gasteiger partial charge in [0.2, 0.25) is 5.91 Å². The Hall–Kier alpha value is -1.34. The van der Waals surface area contributed by atoms with Crippen molar-refractivity contribution in [2.75, 3.05) is 39.3 Å². The molecule has 3 rings (SSSR count). The highest BCUT2D eigenvalue weighted by molar-refractivity contribution is 6.31. The zero-order chi connectivity index (χ0) is 15.5. The van der Waals surface area contributed by atoms with Crippen LogP contribution in [0.2, 0.25) is 5.02 Å². The standard InChI is InChI=1S/C15H19ClN4O2.ClH/c16-12-4-2-1-3-11(12)13-9-17-5-6-19(13)7-8-20-14(21)10-18-15(20)22;/h1-4,13,17H,5-10H2,(H,18,22);1H. The molecule has 0 radical (unpaired) electrons. The van der Waals surface area contributed by atoms with E-state index in [1.165, 1.54) is 4.90 Å². The van der Waals surface area contributed by atoms with Gasteiger partial charge in [0.05, 0.1) is 6.54 Å². The Labute approximate surface area is 146 Å². The molecule has 2 aliphatic heterocycles. The molecule has 1 unspecified atom stereocenters. The first-order valence-corrected chi connectivity index (χ1v) is 7.82. The van der Waals surface area contributed by atoms with Crippen molar-refractivity contribution in [3.63, 3.8) is 0 Å². The number of carbonyl (C=O) groups excluding carboxylic acids is 2. The van der Waals surface area contributed by atoms with Crippen molar-refractivity contribution < 1.29 is 9.59 Å². The van der Waals surface area contributed by atoms with E-state index >= 15 is 0 Å². The second-order valence-electron chi connectivity index (χ2n) is 5.48. The first-order valence-electron chi connectivity index (χ1n) is 7.44. The molecule has 1 aromatic rings. The Morgan fingerprint density at radius 2 is 2.00 bits per heavy atom. The predicted octanol–water partition coefficient (Wildman–Crippen LogP) is 1.26. The molecule has 126 valence electrons. The van der Waals surface area contributed by atoms with Gasteiger partial charge < -0.3 is 10.6 Å². The van der Waals surface area contributed by atoms with Crippen LogP contribution in [0.5, 0.6) is 0 Å². The summed E-state index contributed by atoms with van der Waals surface area (Å²) >= 11 is 6.31. The zero-order valence-corrected chi connectivity index (χ0v) is 14.2. The number of piperazine rings is 1. The lowest BCUT2D eigenvalue weighted by atomic mass is 10.0. The summed E-state index contributed by atoms with van der Waals surface area (Å²) in [6, 6.07) is 7.67. The largest absolute Gasteiger partial charge is 0.329 e. The molecule has 0 aromatic heterocycles. The molecule has 3 amide bonds. The number of rotatable bonds is 4. The normalized spacial score (nSPS) is 22.0. The molecule has 2 saturated heterocycles. The summed E-state index contributed by atoms with van der Waals surface area (Å²) in [6.45, 7) is 3.72. The molecule has 2 fully saturated rings. The topological polar surface area (TPSA) is 64.7 Å². The summed E-state index contributed by atoms with van der Waals surface area (Å²) < 4.78 is 0. The van der Waals surface area contributed by atoms with E-state index < -0.39 is 0 Å². The van der Waals surface area contributed by atoms with E-state index in [2.05, 4.69) is 15.5 Å². The summed E-state index contributed by atoms with van der Waals surface area (Å²) in [5, 5.41) is 6.67. The fraction of sp³-hybridized carbons (Fsp3) is 0.467. The van der Waals surface area contributed by atoms with Crippen LogP contribution in [0.1, 0.15) is 11.6 Å². The highest BCUT2D eigenvalue weighted by Gasteiger charge is 2.30. The van der Waals surface area contributed by atoms with E-state index in [4.69, 9.17) is 11.6 Å². The van der Waals surface area contributed by atoms with E-state index in [9.17, 15) is 9.59 Å². The van der Waals surface area contributed by atoms with Crippen LogP contribution in [0, 0.1) is 0 Å². The summed E-state index contributed by atoms with van der Waals surface area (Å²) in [7, 11) is 0. The smallest absolute Gasteiger partial charge is 0.324 e. The van der Waals surface area contributed by atoms with Gasteiger partial charge in [0.25, 0.3) is 0 Å². The third-order valence-electron chi connectivity index (χ3n) is 4.17. The first-order chi connectivity index (χ1) is 10.7. The Balaban J connectivity index is 0.00000192. The first kappa shape index (κ1) is 18.0. The van der Waals surface area contributed by atoms with E-state index in [0.717, 1.165) is 30.2 Å². The van der Waals surface area contributed by atoms with Crippen LogP contribution >= 0.6 is 24.0 Å². The van der Waals surface area contributed by atoms with Crippen molar-refractivity contribution in [1.82, 2.24) is 20.4 Å². The van der Waals surface area contributed by atoms with Gasteiger partial charge >= 0.3 is 6.03 Å². The van der Waals surface area contributed by atoms with Crippen molar-refractivity contribution in [3.05, 3.63) is 34.9 Å². The maximum Gasteiger partial charge on any atom is 0.324 e. The number of hydrogen-bond donors (Lipinski definition) is 2. The summed E-state index contributed by atoms with van der Waals surface area (Å²) in [5.41, 5.74) is 1.08. The molecule has 2 heterocycles. The van der Waals surface area contributed by atoms with Gasteiger partial charge in [0.15, 0.2) is 0 Å². The monoisotopic (exact) mass is 358 g/mol. The summed E-state index contributed by atoms with van der Waals surface area (Å²) in [6.07, 6.45) is 0. The third kappa shape index (κ3) is 3.95. The molecule has 1 atom stereocenters. The second kappa shape index (κ2) is 7.97. The number of nitrogens with one attached hydrogen (secondary N) is 2. The summed E-state index contributed by atoms with van der Waals surface area (Å²) in [5.74, 6) is -0.158. The van der Waals surface area contributed by atoms with Gasteiger partial charge in [-0.15, -0.1) is 12.4 Å². The number of nitrogens with zero attached hydrogens (tertiary/aromatic N) is 2. The number of carbonyl (C=O) groups is 2. The quantitative estimate of drug-likeness (QED) is 0.795. The fourth-order valence-corrected chi connectivity index (χ4v) is 3.24. The number of hydrogen-bond acceptors (Lipinski definition) is 4. The molecule has 23 heavy (non-hydrogen) atoms. The van der Waals surface area contributed by atoms with Crippen LogP contribution in [-0.2, 0) is 4.79 Å². The van der Waals surface area contributed by atoms with E-state index in [1.54, 1.807) is 0 Å². The minimum absolute atomic E-state index is 0. The maximum atomic E-state index is 11.7. The number of imide groups is 1. The van der Waals surface area contributed by atoms with Gasteiger partial charge in [-0.3, -0.25) is 14.6 Å². The van der Waals surface area contributed by atoms with Crippen LogP contribution in [0.15, 0.2) is 24.3 Å². The Bertz CT molecular complexity index is 568. The minimum Gasteiger partial charge on any atom is -0.329 e. The van der Waals surface area contributed by atoms with Crippen molar-refractivity contribution in [2.24, 2.45) is 0 Å². The van der Waals surface area contributed by atoms with Crippen LogP contribution in [-0.4, -0.2) is 61.0 Å². The average molecular weight is 359 g/mol. The molecular weight excluding hydrogens is 339 g/mol. The molecule has 0 bridgehead atoms. The van der Waals surface area contributed by atoms with Gasteiger partial charge in [0, 0.05) is 43.8 Å². The van der Waals surface area contributed by atoms with Crippen LogP contribution in [0.25, 0.3) is 0 Å². The lowest BCUT2D eigenvalue weighted by molar-refractivity contribution is -0.125. The van der Waals surface area contributed by atoms with Gasteiger partial charge in [-0.2, -0.15) is 0 Å². The zero-order valence-electron chi connectivity index (χ0n) is 12.6. The molecule has 6 nitrogen and oxygen atoms in total. The number of halogens is 2. The highest BCUT2D eigenvalue weighted by atomic mass is 35.5. The van der Waals surface area contributed by atoms with Crippen molar-refractivity contribution >= 4 is 35.9 Å². The molecule has 0 aliphatic carbocycles. The molecule has 0 spiro atoms. The van der Waals surface area contributed by atoms with Crippen LogP contribution in [0.4, 0.5) is 4.79 Å². The minimum atomic E-state index is -0.297. The Morgan fingerprint density at radius 3 is 2.70 bits per heavy atom. The van der Waals surface area contributed by atoms with Gasteiger partial charge in [-0.05, 0) is 11.6 Å². The maximum absolute atomic E-state index is 11.7. The van der Waals surface area contributed by atoms with E-state index in [1.807, 2.05) is 24.3 Å². The number of urea groups is 1. The van der Waals surface area contributed by atoms with Gasteiger partial charge in [-0.25, -0.2) is 4.79 Å². The average Bonchev–Trinajstić information content (AvgIpc) is 2.85. The second-order valence-corrected chi connectivity index (χ2v) is 5.89. The predicted molar refractivity (Wildman–Crippen MR) is 91.0 cm³/mol. The Morgan fingerprint density at radius 1 is 1.22 bits per heavy atom. The lowest BCUT2D eigenvalue weighted by Crippen LogP contribution is -2.49. The lowest BCUT2D eigenvalue weighted by Gasteiger charge is -2.37. The van der Waals surface area contributed by atoms with Crippen LogP contribution in [0.3, 0.4) is 0 Å². The number of amides is 3. The molecule has 2 aliphatic rings. The number of benzene rings is 1. The highest BCUT2D eigenvalue weighted by Crippen LogP contribution is 2.28. The fourth-order valence-electron chi connectivity index (χ4n) is 2.98. The molecular formula is C15H20Cl2N4O2. The van der Waals surface area contributed by atoms with Gasteiger partial charge in [0.1, 0.15) is 0 Å². The van der Waals surface area contributed by atoms with Crippen molar-refractivity contribution in [2.45, 2.75) is 6.04 Å². The van der Waals surface area contributed by atoms with Crippen molar-refractivity contribution in [3.8, 4) is 0 Å². The molecule has 8 heteroatoms. The Kier molecular flexibility index (Phi) is 6.24.